The summed E-state index contributed by atoms with van der Waals surface area (Å²) < 4.78 is 12.7. The van der Waals surface area contributed by atoms with Gasteiger partial charge in [-0.1, -0.05) is 6.92 Å². The average Bonchev–Trinajstić information content (AvgIpc) is 3.48. The first kappa shape index (κ1) is 23.1. The predicted molar refractivity (Wildman–Crippen MR) is 119 cm³/mol. The van der Waals surface area contributed by atoms with E-state index in [-0.39, 0.29) is 18.3 Å². The van der Waals surface area contributed by atoms with Gasteiger partial charge in [-0.2, -0.15) is 0 Å². The van der Waals surface area contributed by atoms with Gasteiger partial charge in [0.15, 0.2) is 0 Å². The maximum absolute atomic E-state index is 13.6. The van der Waals surface area contributed by atoms with Crippen LogP contribution in [-0.4, -0.2) is 65.1 Å². The van der Waals surface area contributed by atoms with Crippen LogP contribution in [0, 0.1) is 13.8 Å². The fraction of sp³-hybridized carbons (Fsp3) is 0.583. The third kappa shape index (κ3) is 5.58. The number of amides is 1. The van der Waals surface area contributed by atoms with Gasteiger partial charge in [0.05, 0.1) is 31.4 Å². The number of esters is 1. The minimum atomic E-state index is -0.262. The van der Waals surface area contributed by atoms with Crippen molar-refractivity contribution >= 4 is 11.9 Å². The summed E-state index contributed by atoms with van der Waals surface area (Å²) in [4.78, 5) is 29.9. The van der Waals surface area contributed by atoms with Crippen molar-refractivity contribution in [3.05, 3.63) is 47.2 Å². The lowest BCUT2D eigenvalue weighted by Crippen LogP contribution is -2.44. The topological polar surface area (TPSA) is 67.9 Å². The molecule has 0 radical (unpaired) electrons. The Balaban J connectivity index is 1.80. The third-order valence-corrected chi connectivity index (χ3v) is 6.21. The Morgan fingerprint density at radius 1 is 1.29 bits per heavy atom. The summed E-state index contributed by atoms with van der Waals surface area (Å²) in [6, 6.07) is 6.09. The molecule has 0 bridgehead atoms. The summed E-state index contributed by atoms with van der Waals surface area (Å²) in [5, 5.41) is 0. The first-order valence-electron chi connectivity index (χ1n) is 11.3. The first-order chi connectivity index (χ1) is 14.9. The zero-order valence-electron chi connectivity index (χ0n) is 19.2. The lowest BCUT2D eigenvalue weighted by Gasteiger charge is -2.30. The number of nitrogens with zero attached hydrogens (tertiary/aromatic N) is 3. The van der Waals surface area contributed by atoms with E-state index in [1.54, 1.807) is 13.2 Å². The molecule has 3 heterocycles. The molecule has 170 valence electrons. The lowest BCUT2D eigenvalue weighted by atomic mass is 10.1. The molecule has 0 aromatic carbocycles. The van der Waals surface area contributed by atoms with Crippen LogP contribution in [0.4, 0.5) is 0 Å². The van der Waals surface area contributed by atoms with E-state index in [1.165, 1.54) is 0 Å². The van der Waals surface area contributed by atoms with Gasteiger partial charge in [-0.25, -0.2) is 0 Å². The number of furan rings is 1. The van der Waals surface area contributed by atoms with Crippen molar-refractivity contribution in [1.29, 1.82) is 0 Å². The quantitative estimate of drug-likeness (QED) is 0.540. The maximum atomic E-state index is 13.6. The molecule has 1 saturated heterocycles. The van der Waals surface area contributed by atoms with Gasteiger partial charge in [-0.05, 0) is 64.9 Å². The third-order valence-electron chi connectivity index (χ3n) is 6.21. The van der Waals surface area contributed by atoms with Gasteiger partial charge in [0.25, 0.3) is 5.91 Å². The van der Waals surface area contributed by atoms with Crippen LogP contribution in [0.25, 0.3) is 0 Å². The molecule has 0 spiro atoms. The zero-order valence-corrected chi connectivity index (χ0v) is 19.2. The number of aromatic nitrogens is 1. The van der Waals surface area contributed by atoms with E-state index in [0.717, 1.165) is 43.1 Å². The normalized spacial score (nSPS) is 16.6. The Labute approximate surface area is 184 Å². The second kappa shape index (κ2) is 10.7. The van der Waals surface area contributed by atoms with E-state index in [0.29, 0.717) is 37.8 Å². The molecule has 1 fully saturated rings. The summed E-state index contributed by atoms with van der Waals surface area (Å²) in [5.41, 5.74) is 2.62. The lowest BCUT2D eigenvalue weighted by molar-refractivity contribution is -0.143. The first-order valence-corrected chi connectivity index (χ1v) is 11.3. The summed E-state index contributed by atoms with van der Waals surface area (Å²) >= 11 is 0. The van der Waals surface area contributed by atoms with E-state index in [9.17, 15) is 9.59 Å². The van der Waals surface area contributed by atoms with E-state index in [4.69, 9.17) is 9.15 Å². The number of aryl methyl sites for hydroxylation is 1. The molecule has 31 heavy (non-hydrogen) atoms. The molecular weight excluding hydrogens is 394 g/mol. The molecule has 0 aliphatic carbocycles. The number of rotatable bonds is 10. The number of likely N-dealkylation sites (N-methyl/N-ethyl adjacent to an activating group) is 1. The number of ether oxygens (including phenoxy) is 1. The van der Waals surface area contributed by atoms with Gasteiger partial charge in [-0.15, -0.1) is 0 Å². The van der Waals surface area contributed by atoms with Crippen LogP contribution in [0.15, 0.2) is 28.9 Å². The molecule has 7 nitrogen and oxygen atoms in total. The van der Waals surface area contributed by atoms with E-state index in [2.05, 4.69) is 16.4 Å². The van der Waals surface area contributed by atoms with Gasteiger partial charge < -0.3 is 18.6 Å². The molecule has 1 aliphatic rings. The Hall–Kier alpha value is -2.54. The highest BCUT2D eigenvalue weighted by atomic mass is 16.5. The summed E-state index contributed by atoms with van der Waals surface area (Å²) in [7, 11) is 0. The Bertz CT molecular complexity index is 872. The molecule has 3 rings (SSSR count). The highest BCUT2D eigenvalue weighted by molar-refractivity contribution is 5.96. The minimum Gasteiger partial charge on any atom is -0.467 e. The number of hydrogen-bond donors (Lipinski definition) is 0. The van der Waals surface area contributed by atoms with E-state index >= 15 is 0 Å². The number of hydrogen-bond acceptors (Lipinski definition) is 5. The largest absolute Gasteiger partial charge is 0.467 e. The molecule has 1 aliphatic heterocycles. The highest BCUT2D eigenvalue weighted by Crippen LogP contribution is 2.22. The smallest absolute Gasteiger partial charge is 0.307 e. The van der Waals surface area contributed by atoms with Crippen LogP contribution in [0.1, 0.15) is 60.6 Å². The molecule has 0 N–H and O–H groups in total. The highest BCUT2D eigenvalue weighted by Gasteiger charge is 2.29. The van der Waals surface area contributed by atoms with Crippen LogP contribution < -0.4 is 0 Å². The van der Waals surface area contributed by atoms with Gasteiger partial charge in [0.1, 0.15) is 5.76 Å². The summed E-state index contributed by atoms with van der Waals surface area (Å²) in [5.74, 6) is 0.568. The number of carbonyl (C=O) groups is 2. The average molecular weight is 430 g/mol. The van der Waals surface area contributed by atoms with Crippen molar-refractivity contribution in [2.75, 3.05) is 32.8 Å². The SMILES string of the molecule is CCOC(=O)CCN(C[C@H]1CCCN1CC)C(=O)c1cc(C)n(Cc2ccco2)c1C. The molecule has 0 saturated carbocycles. The van der Waals surface area contributed by atoms with Crippen molar-refractivity contribution in [3.63, 3.8) is 0 Å². The molecule has 1 atom stereocenters. The van der Waals surface area contributed by atoms with Crippen molar-refractivity contribution in [1.82, 2.24) is 14.4 Å². The van der Waals surface area contributed by atoms with Gasteiger partial charge in [0.2, 0.25) is 0 Å². The molecule has 2 aromatic rings. The Morgan fingerprint density at radius 3 is 2.77 bits per heavy atom. The summed E-state index contributed by atoms with van der Waals surface area (Å²) in [6.07, 6.45) is 4.10. The monoisotopic (exact) mass is 429 g/mol. The predicted octanol–water partition coefficient (Wildman–Crippen LogP) is 3.63. The van der Waals surface area contributed by atoms with Crippen molar-refractivity contribution in [3.8, 4) is 0 Å². The van der Waals surface area contributed by atoms with Gasteiger partial charge in [-0.3, -0.25) is 14.5 Å². The van der Waals surface area contributed by atoms with Crippen molar-refractivity contribution < 1.29 is 18.7 Å². The second-order valence-corrected chi connectivity index (χ2v) is 8.18. The van der Waals surface area contributed by atoms with Crippen molar-refractivity contribution in [2.45, 2.75) is 59.5 Å². The Kier molecular flexibility index (Phi) is 7.96. The number of likely N-dealkylation sites (tertiary alicyclic amines) is 1. The van der Waals surface area contributed by atoms with Crippen LogP contribution >= 0.6 is 0 Å². The molecular formula is C24H35N3O4. The zero-order chi connectivity index (χ0) is 22.4. The second-order valence-electron chi connectivity index (χ2n) is 8.18. The fourth-order valence-electron chi connectivity index (χ4n) is 4.50. The minimum absolute atomic E-state index is 0.0222. The molecule has 2 aromatic heterocycles. The molecule has 0 unspecified atom stereocenters. The van der Waals surface area contributed by atoms with Crippen LogP contribution in [0.5, 0.6) is 0 Å². The van der Waals surface area contributed by atoms with Crippen molar-refractivity contribution in [2.24, 2.45) is 0 Å². The maximum Gasteiger partial charge on any atom is 0.307 e. The molecule has 1 amide bonds. The molecule has 7 heteroatoms. The number of carbonyl (C=O) groups excluding carboxylic acids is 2. The van der Waals surface area contributed by atoms with E-state index < -0.39 is 0 Å². The fourth-order valence-corrected chi connectivity index (χ4v) is 4.50. The van der Waals surface area contributed by atoms with Crippen LogP contribution in [0.3, 0.4) is 0 Å². The van der Waals surface area contributed by atoms with E-state index in [1.807, 2.05) is 36.9 Å². The van der Waals surface area contributed by atoms with Crippen LogP contribution in [0.2, 0.25) is 0 Å². The van der Waals surface area contributed by atoms with Gasteiger partial charge >= 0.3 is 5.97 Å². The summed E-state index contributed by atoms with van der Waals surface area (Å²) in [6.45, 7) is 11.9. The van der Waals surface area contributed by atoms with Crippen LogP contribution in [-0.2, 0) is 16.1 Å². The Morgan fingerprint density at radius 2 is 2.10 bits per heavy atom. The van der Waals surface area contributed by atoms with Gasteiger partial charge in [0, 0.05) is 30.5 Å². The standard InChI is InChI=1S/C24H35N3O4/c1-5-25-12-7-9-20(25)16-26(13-11-23(28)30-6-2)24(29)22-15-18(3)27(19(22)4)17-21-10-8-14-31-21/h8,10,14-15,20H,5-7,9,11-13,16-17H2,1-4H3/t20-/m1/s1.